The first-order valence-corrected chi connectivity index (χ1v) is 12.8. The molecule has 176 valence electrons. The first kappa shape index (κ1) is 25.3. The summed E-state index contributed by atoms with van der Waals surface area (Å²) in [4.78, 5) is 13.1. The molecule has 2 aliphatic rings. The van der Waals surface area contributed by atoms with Crippen molar-refractivity contribution in [2.75, 3.05) is 0 Å². The Hall–Kier alpha value is -1.33. The minimum absolute atomic E-state index is 0. The molecular formula is C26H36BrClN2O2. The third-order valence-corrected chi connectivity index (χ3v) is 7.71. The number of esters is 1. The van der Waals surface area contributed by atoms with Gasteiger partial charge in [0.05, 0.1) is 6.54 Å². The van der Waals surface area contributed by atoms with Crippen LogP contribution in [0.5, 0.6) is 0 Å². The van der Waals surface area contributed by atoms with Gasteiger partial charge in [0.15, 0.2) is 12.2 Å². The molecule has 0 N–H and O–H groups in total. The van der Waals surface area contributed by atoms with Gasteiger partial charge in [0, 0.05) is 16.5 Å². The molecule has 1 aliphatic carbocycles. The van der Waals surface area contributed by atoms with Crippen LogP contribution < -0.4 is 17.0 Å². The number of aromatic nitrogens is 2. The van der Waals surface area contributed by atoms with Gasteiger partial charge in [-0.1, -0.05) is 43.1 Å². The van der Waals surface area contributed by atoms with Crippen LogP contribution in [0.15, 0.2) is 34.9 Å². The largest absolute Gasteiger partial charge is 1.00 e. The van der Waals surface area contributed by atoms with Gasteiger partial charge < -0.3 is 17.1 Å². The zero-order valence-electron chi connectivity index (χ0n) is 19.5. The lowest BCUT2D eigenvalue weighted by Gasteiger charge is -2.36. The number of benzene rings is 1. The van der Waals surface area contributed by atoms with Crippen molar-refractivity contribution in [3.63, 3.8) is 0 Å². The molecular weight excluding hydrogens is 488 g/mol. The van der Waals surface area contributed by atoms with Crippen molar-refractivity contribution in [2.24, 2.45) is 17.8 Å². The summed E-state index contributed by atoms with van der Waals surface area (Å²) in [5.74, 6) is 2.83. The summed E-state index contributed by atoms with van der Waals surface area (Å²) in [7, 11) is 0. The number of hydrogen-bond acceptors (Lipinski definition) is 2. The number of hydrogen-bond donors (Lipinski definition) is 0. The van der Waals surface area contributed by atoms with Crippen LogP contribution in [0, 0.1) is 17.8 Å². The summed E-state index contributed by atoms with van der Waals surface area (Å²) in [5, 5.41) is 0. The molecule has 2 aromatic rings. The van der Waals surface area contributed by atoms with Crippen molar-refractivity contribution in [3.8, 4) is 11.3 Å². The van der Waals surface area contributed by atoms with Gasteiger partial charge in [0.2, 0.25) is 0 Å². The van der Waals surface area contributed by atoms with E-state index in [-0.39, 0.29) is 24.5 Å². The van der Waals surface area contributed by atoms with E-state index in [0.717, 1.165) is 23.9 Å². The highest BCUT2D eigenvalue weighted by Crippen LogP contribution is 2.35. The third-order valence-electron chi connectivity index (χ3n) is 7.18. The molecule has 0 amide bonds. The fourth-order valence-corrected chi connectivity index (χ4v) is 5.69. The summed E-state index contributed by atoms with van der Waals surface area (Å²) in [6.45, 7) is 8.12. The molecule has 3 atom stereocenters. The Bertz CT molecular complexity index is 909. The van der Waals surface area contributed by atoms with Crippen LogP contribution in [-0.4, -0.2) is 16.6 Å². The highest BCUT2D eigenvalue weighted by Gasteiger charge is 2.34. The van der Waals surface area contributed by atoms with Crippen LogP contribution in [0.25, 0.3) is 11.3 Å². The van der Waals surface area contributed by atoms with Gasteiger partial charge in [-0.2, -0.15) is 0 Å². The Morgan fingerprint density at radius 3 is 2.66 bits per heavy atom. The molecule has 1 saturated carbocycles. The van der Waals surface area contributed by atoms with Gasteiger partial charge >= 0.3 is 5.97 Å². The lowest BCUT2D eigenvalue weighted by atomic mass is 9.75. The van der Waals surface area contributed by atoms with E-state index < -0.39 is 0 Å². The Balaban J connectivity index is 0.00000289. The molecule has 1 fully saturated rings. The molecule has 2 heterocycles. The average molecular weight is 524 g/mol. The molecule has 32 heavy (non-hydrogen) atoms. The summed E-state index contributed by atoms with van der Waals surface area (Å²) in [6.07, 6.45) is 10.2. The van der Waals surface area contributed by atoms with Gasteiger partial charge in [-0.05, 0) is 74.1 Å². The van der Waals surface area contributed by atoms with E-state index in [1.165, 1.54) is 49.2 Å². The molecule has 0 saturated heterocycles. The molecule has 0 spiro atoms. The van der Waals surface area contributed by atoms with Crippen LogP contribution in [-0.2, 0) is 29.0 Å². The molecule has 1 aromatic carbocycles. The first-order valence-electron chi connectivity index (χ1n) is 12.0. The van der Waals surface area contributed by atoms with Gasteiger partial charge in [-0.15, -0.1) is 0 Å². The Morgan fingerprint density at radius 2 is 1.94 bits per heavy atom. The minimum atomic E-state index is -0.0882. The quantitative estimate of drug-likeness (QED) is 0.446. The number of halogens is 2. The number of fused-ring (bicyclic) bond motifs is 1. The van der Waals surface area contributed by atoms with Gasteiger partial charge in [0.1, 0.15) is 12.3 Å². The third kappa shape index (κ3) is 5.77. The summed E-state index contributed by atoms with van der Waals surface area (Å²) >= 11 is 3.54. The van der Waals surface area contributed by atoms with Crippen molar-refractivity contribution in [2.45, 2.75) is 84.9 Å². The SMILES string of the molecule is CC1CCC(C(C)C)C(OC(=O)C[n+]2cc(-c3ccc(Br)cc3)n3c2CCCCC3)C1.[Cl-]. The summed E-state index contributed by atoms with van der Waals surface area (Å²) in [5.41, 5.74) is 2.39. The predicted molar refractivity (Wildman–Crippen MR) is 127 cm³/mol. The van der Waals surface area contributed by atoms with Crippen LogP contribution in [0.4, 0.5) is 0 Å². The molecule has 3 unspecified atom stereocenters. The van der Waals surface area contributed by atoms with Crippen molar-refractivity contribution in [1.82, 2.24) is 4.57 Å². The normalized spacial score (nSPS) is 23.2. The van der Waals surface area contributed by atoms with E-state index in [9.17, 15) is 4.79 Å². The highest BCUT2D eigenvalue weighted by molar-refractivity contribution is 9.10. The number of ether oxygens (including phenoxy) is 1. The van der Waals surface area contributed by atoms with Crippen molar-refractivity contribution < 1.29 is 26.5 Å². The zero-order chi connectivity index (χ0) is 22.0. The fourth-order valence-electron chi connectivity index (χ4n) is 5.43. The number of carbonyl (C=O) groups excluding carboxylic acids is 1. The van der Waals surface area contributed by atoms with Crippen LogP contribution >= 0.6 is 15.9 Å². The summed E-state index contributed by atoms with van der Waals surface area (Å²) in [6, 6.07) is 8.47. The van der Waals surface area contributed by atoms with E-state index in [0.29, 0.717) is 24.3 Å². The maximum Gasteiger partial charge on any atom is 0.348 e. The Morgan fingerprint density at radius 1 is 1.19 bits per heavy atom. The molecule has 6 heteroatoms. The number of rotatable bonds is 5. The monoisotopic (exact) mass is 522 g/mol. The highest BCUT2D eigenvalue weighted by atomic mass is 79.9. The van der Waals surface area contributed by atoms with Crippen molar-refractivity contribution in [1.29, 1.82) is 0 Å². The van der Waals surface area contributed by atoms with Gasteiger partial charge in [-0.25, -0.2) is 13.9 Å². The molecule has 0 radical (unpaired) electrons. The average Bonchev–Trinajstić information content (AvgIpc) is 2.89. The van der Waals surface area contributed by atoms with Gasteiger partial charge in [-0.3, -0.25) is 0 Å². The fraction of sp³-hybridized carbons (Fsp3) is 0.615. The summed E-state index contributed by atoms with van der Waals surface area (Å²) < 4.78 is 11.8. The van der Waals surface area contributed by atoms with Crippen LogP contribution in [0.1, 0.15) is 65.1 Å². The van der Waals surface area contributed by atoms with Crippen molar-refractivity contribution in [3.05, 3.63) is 40.8 Å². The molecule has 4 rings (SSSR count). The van der Waals surface area contributed by atoms with Gasteiger partial charge in [0.25, 0.3) is 5.82 Å². The van der Waals surface area contributed by atoms with E-state index in [2.05, 4.69) is 76.3 Å². The van der Waals surface area contributed by atoms with E-state index in [1.807, 2.05) is 0 Å². The van der Waals surface area contributed by atoms with E-state index in [4.69, 9.17) is 4.74 Å². The first-order chi connectivity index (χ1) is 14.9. The van der Waals surface area contributed by atoms with E-state index in [1.54, 1.807) is 0 Å². The minimum Gasteiger partial charge on any atom is -1.00 e. The topological polar surface area (TPSA) is 35.1 Å². The molecule has 1 aromatic heterocycles. The standard InChI is InChI=1S/C26H36BrN2O2.ClH/c1-18(2)22-13-8-19(3)15-24(22)31-26(30)17-28-16-23(20-9-11-21(27)12-10-20)29-14-6-4-5-7-25(28)29;/h9-12,16,18-19,22,24H,4-8,13-15,17H2,1-3H3;1H/q+1;/p-1. The smallest absolute Gasteiger partial charge is 0.348 e. The Labute approximate surface area is 207 Å². The van der Waals surface area contributed by atoms with Crippen LogP contribution in [0.3, 0.4) is 0 Å². The lowest BCUT2D eigenvalue weighted by molar-refractivity contribution is -0.692. The second kappa shape index (κ2) is 11.2. The number of imidazole rings is 1. The second-order valence-electron chi connectivity index (χ2n) is 9.88. The number of carbonyl (C=O) groups is 1. The lowest BCUT2D eigenvalue weighted by Crippen LogP contribution is -3.00. The van der Waals surface area contributed by atoms with Crippen LogP contribution in [0.2, 0.25) is 0 Å². The molecule has 1 aliphatic heterocycles. The van der Waals surface area contributed by atoms with E-state index >= 15 is 0 Å². The molecule has 4 nitrogen and oxygen atoms in total. The maximum absolute atomic E-state index is 13.1. The molecule has 0 bridgehead atoms. The zero-order valence-corrected chi connectivity index (χ0v) is 21.9. The maximum atomic E-state index is 13.1. The van der Waals surface area contributed by atoms with Crippen molar-refractivity contribution >= 4 is 21.9 Å². The second-order valence-corrected chi connectivity index (χ2v) is 10.8. The predicted octanol–water partition coefficient (Wildman–Crippen LogP) is 2.94. The Kier molecular flexibility index (Phi) is 8.85. The number of nitrogens with zero attached hydrogens (tertiary/aromatic N) is 2.